The van der Waals surface area contributed by atoms with E-state index in [4.69, 9.17) is 12.2 Å². The van der Waals surface area contributed by atoms with E-state index in [2.05, 4.69) is 0 Å². The van der Waals surface area contributed by atoms with Crippen LogP contribution in [0.25, 0.3) is 6.08 Å². The van der Waals surface area contributed by atoms with E-state index in [9.17, 15) is 14.7 Å². The van der Waals surface area contributed by atoms with Crippen LogP contribution in [0.15, 0.2) is 22.4 Å². The van der Waals surface area contributed by atoms with E-state index in [1.54, 1.807) is 21.1 Å². The molecule has 5 nitrogen and oxygen atoms in total. The zero-order valence-electron chi connectivity index (χ0n) is 15.2. The first-order valence-corrected chi connectivity index (χ1v) is 10.5. The van der Waals surface area contributed by atoms with Gasteiger partial charge < -0.3 is 10.0 Å². The average molecular weight is 413 g/mol. The molecule has 26 heavy (non-hydrogen) atoms. The second-order valence-corrected chi connectivity index (χ2v) is 9.55. The summed E-state index contributed by atoms with van der Waals surface area (Å²) in [6.07, 6.45) is 2.71. The number of nitrogens with zero attached hydrogens (tertiary/aromatic N) is 2. The topological polar surface area (TPSA) is 60.9 Å². The number of carbonyl (C=O) groups is 2. The number of thiocarbonyl (C=S) groups is 1. The van der Waals surface area contributed by atoms with Crippen LogP contribution in [0.2, 0.25) is 0 Å². The first-order valence-electron chi connectivity index (χ1n) is 8.44. The first kappa shape index (κ1) is 21.1. The number of rotatable bonds is 7. The Bertz CT molecular complexity index is 693. The van der Waals surface area contributed by atoms with Gasteiger partial charge in [-0.1, -0.05) is 30.0 Å². The lowest BCUT2D eigenvalue weighted by Crippen LogP contribution is -2.47. The minimum absolute atomic E-state index is 0.0221. The Balaban J connectivity index is 1.92. The van der Waals surface area contributed by atoms with E-state index in [1.165, 1.54) is 11.8 Å². The van der Waals surface area contributed by atoms with Crippen molar-refractivity contribution in [3.8, 4) is 0 Å². The van der Waals surface area contributed by atoms with Crippen LogP contribution < -0.4 is 0 Å². The maximum Gasteiger partial charge on any atom is 0.266 e. The zero-order chi connectivity index (χ0) is 19.3. The fourth-order valence-electron chi connectivity index (χ4n) is 2.65. The normalized spacial score (nSPS) is 16.6. The summed E-state index contributed by atoms with van der Waals surface area (Å²) in [4.78, 5) is 29.9. The van der Waals surface area contributed by atoms with E-state index in [0.717, 1.165) is 4.88 Å². The van der Waals surface area contributed by atoms with Crippen LogP contribution in [0.4, 0.5) is 0 Å². The number of aliphatic hydroxyl groups excluding tert-OH is 1. The van der Waals surface area contributed by atoms with Crippen LogP contribution in [0, 0.1) is 0 Å². The predicted octanol–water partition coefficient (Wildman–Crippen LogP) is 3.35. The van der Waals surface area contributed by atoms with Gasteiger partial charge in [0, 0.05) is 29.9 Å². The van der Waals surface area contributed by atoms with Crippen molar-refractivity contribution in [1.29, 1.82) is 0 Å². The summed E-state index contributed by atoms with van der Waals surface area (Å²) >= 11 is 8.20. The molecule has 0 aliphatic carbocycles. The Labute approximate surface area is 168 Å². The van der Waals surface area contributed by atoms with E-state index >= 15 is 0 Å². The number of amides is 2. The van der Waals surface area contributed by atoms with Gasteiger partial charge in [0.25, 0.3) is 5.91 Å². The van der Waals surface area contributed by atoms with Gasteiger partial charge in [-0.15, -0.1) is 11.3 Å². The summed E-state index contributed by atoms with van der Waals surface area (Å²) in [5.41, 5.74) is -0.342. The maximum atomic E-state index is 12.5. The van der Waals surface area contributed by atoms with Crippen LogP contribution in [-0.4, -0.2) is 56.3 Å². The number of β-amino-alcohol motifs (C(OH)–C–C–N with tert-alkyl or cyclic N) is 1. The molecule has 1 N–H and O–H groups in total. The molecule has 2 amide bonds. The molecule has 0 atom stereocenters. The predicted molar refractivity (Wildman–Crippen MR) is 112 cm³/mol. The number of thioether (sulfide) groups is 1. The first-order chi connectivity index (χ1) is 12.2. The third-order valence-electron chi connectivity index (χ3n) is 3.90. The summed E-state index contributed by atoms with van der Waals surface area (Å²) in [7, 11) is 0. The molecule has 1 aliphatic rings. The lowest BCUT2D eigenvalue weighted by Gasteiger charge is -2.35. The third-order valence-corrected chi connectivity index (χ3v) is 6.09. The fraction of sp³-hybridized carbons (Fsp3) is 0.500. The Hall–Kier alpha value is -1.22. The van der Waals surface area contributed by atoms with Crippen molar-refractivity contribution in [3.63, 3.8) is 0 Å². The largest absolute Gasteiger partial charge is 0.395 e. The SMILES string of the molecule is CC(C)(C)N(CCO)C(=O)CCCN1C(=O)/C(=C\c2cccs2)SC1=S. The van der Waals surface area contributed by atoms with Crippen molar-refractivity contribution < 1.29 is 14.7 Å². The lowest BCUT2D eigenvalue weighted by molar-refractivity contribution is -0.137. The molecule has 0 aromatic carbocycles. The molecule has 1 saturated heterocycles. The summed E-state index contributed by atoms with van der Waals surface area (Å²) in [6.45, 7) is 6.50. The highest BCUT2D eigenvalue weighted by molar-refractivity contribution is 8.26. The number of aliphatic hydroxyl groups is 1. The second kappa shape index (κ2) is 9.12. The molecule has 0 radical (unpaired) electrons. The van der Waals surface area contributed by atoms with Gasteiger partial charge in [-0.25, -0.2) is 0 Å². The molecule has 2 heterocycles. The quantitative estimate of drug-likeness (QED) is 0.550. The Kier molecular flexibility index (Phi) is 7.40. The number of carbonyl (C=O) groups excluding carboxylic acids is 2. The van der Waals surface area contributed by atoms with Crippen molar-refractivity contribution in [2.45, 2.75) is 39.2 Å². The van der Waals surface area contributed by atoms with Crippen molar-refractivity contribution >= 4 is 57.5 Å². The van der Waals surface area contributed by atoms with E-state index in [-0.39, 0.29) is 24.0 Å². The minimum Gasteiger partial charge on any atom is -0.395 e. The van der Waals surface area contributed by atoms with Crippen molar-refractivity contribution in [3.05, 3.63) is 27.3 Å². The molecule has 0 bridgehead atoms. The maximum absolute atomic E-state index is 12.5. The molecule has 8 heteroatoms. The fourth-order valence-corrected chi connectivity index (χ4v) is 4.68. The molecule has 142 valence electrons. The van der Waals surface area contributed by atoms with Crippen molar-refractivity contribution in [2.24, 2.45) is 0 Å². The average Bonchev–Trinajstić information content (AvgIpc) is 3.15. The van der Waals surface area contributed by atoms with Gasteiger partial charge in [0.05, 0.1) is 11.5 Å². The van der Waals surface area contributed by atoms with E-state index in [1.807, 2.05) is 44.4 Å². The van der Waals surface area contributed by atoms with Gasteiger partial charge in [0.2, 0.25) is 5.91 Å². The third kappa shape index (κ3) is 5.39. The molecule has 2 rings (SSSR count). The molecule has 1 aromatic rings. The highest BCUT2D eigenvalue weighted by Gasteiger charge is 2.32. The van der Waals surface area contributed by atoms with Crippen LogP contribution in [0.3, 0.4) is 0 Å². The number of thiophene rings is 1. The molecule has 1 fully saturated rings. The highest BCUT2D eigenvalue weighted by atomic mass is 32.2. The zero-order valence-corrected chi connectivity index (χ0v) is 17.7. The Morgan fingerprint density at radius 2 is 2.15 bits per heavy atom. The van der Waals surface area contributed by atoms with Gasteiger partial charge in [-0.05, 0) is 44.7 Å². The summed E-state index contributed by atoms with van der Waals surface area (Å²) < 4.78 is 0.535. The van der Waals surface area contributed by atoms with Gasteiger partial charge in [-0.3, -0.25) is 14.5 Å². The van der Waals surface area contributed by atoms with Crippen molar-refractivity contribution in [2.75, 3.05) is 19.7 Å². The Morgan fingerprint density at radius 1 is 1.42 bits per heavy atom. The molecule has 0 saturated carbocycles. The van der Waals surface area contributed by atoms with Gasteiger partial charge in [0.15, 0.2) is 0 Å². The van der Waals surface area contributed by atoms with E-state index < -0.39 is 0 Å². The molecule has 1 aromatic heterocycles. The number of hydrogen-bond acceptors (Lipinski definition) is 6. The summed E-state index contributed by atoms with van der Waals surface area (Å²) in [5, 5.41) is 11.1. The van der Waals surface area contributed by atoms with Crippen LogP contribution in [-0.2, 0) is 9.59 Å². The standard InChI is InChI=1S/C18H24N2O3S3/c1-18(2,3)20(9-10-21)15(22)7-4-8-19-16(23)14(26-17(19)24)12-13-6-5-11-25-13/h5-6,11-12,21H,4,7-10H2,1-3H3/b14-12+. The van der Waals surface area contributed by atoms with Crippen molar-refractivity contribution in [1.82, 2.24) is 9.80 Å². The van der Waals surface area contributed by atoms with E-state index in [0.29, 0.717) is 35.2 Å². The molecule has 1 aliphatic heterocycles. The smallest absolute Gasteiger partial charge is 0.266 e. The lowest BCUT2D eigenvalue weighted by atomic mass is 10.0. The molecule has 0 unspecified atom stereocenters. The summed E-state index contributed by atoms with van der Waals surface area (Å²) in [5.74, 6) is -0.116. The summed E-state index contributed by atoms with van der Waals surface area (Å²) in [6, 6.07) is 3.90. The highest BCUT2D eigenvalue weighted by Crippen LogP contribution is 2.33. The molecular formula is C18H24N2O3S3. The second-order valence-electron chi connectivity index (χ2n) is 6.89. The Morgan fingerprint density at radius 3 is 2.73 bits per heavy atom. The monoisotopic (exact) mass is 412 g/mol. The molecule has 0 spiro atoms. The molecular weight excluding hydrogens is 388 g/mol. The van der Waals surface area contributed by atoms with Gasteiger partial charge in [-0.2, -0.15) is 0 Å². The van der Waals surface area contributed by atoms with Gasteiger partial charge >= 0.3 is 0 Å². The van der Waals surface area contributed by atoms with Gasteiger partial charge in [0.1, 0.15) is 4.32 Å². The minimum atomic E-state index is -0.342. The number of hydrogen-bond donors (Lipinski definition) is 1. The van der Waals surface area contributed by atoms with Crippen LogP contribution in [0.1, 0.15) is 38.5 Å². The van der Waals surface area contributed by atoms with Crippen LogP contribution >= 0.6 is 35.3 Å². The van der Waals surface area contributed by atoms with Crippen LogP contribution in [0.5, 0.6) is 0 Å².